The summed E-state index contributed by atoms with van der Waals surface area (Å²) in [6, 6.07) is 28.5. The van der Waals surface area contributed by atoms with Crippen LogP contribution in [0.4, 0.5) is 0 Å². The Labute approximate surface area is 158 Å². The van der Waals surface area contributed by atoms with Gasteiger partial charge in [0, 0.05) is 5.92 Å². The molecule has 27 heavy (non-hydrogen) atoms. The van der Waals surface area contributed by atoms with Gasteiger partial charge in [-0.25, -0.2) is 0 Å². The summed E-state index contributed by atoms with van der Waals surface area (Å²) >= 11 is 0. The van der Waals surface area contributed by atoms with Crippen LogP contribution < -0.4 is 10.4 Å². The Morgan fingerprint density at radius 2 is 1.44 bits per heavy atom. The van der Waals surface area contributed by atoms with Crippen LogP contribution in [0.25, 0.3) is 33.2 Å². The Balaban J connectivity index is 1.66. The fraction of sp³-hybridized carbons (Fsp3) is 0.0370. The van der Waals surface area contributed by atoms with E-state index in [0.717, 1.165) is 0 Å². The zero-order chi connectivity index (χ0) is 17.8. The van der Waals surface area contributed by atoms with Gasteiger partial charge in [0.05, 0.1) is 0 Å². The molecule has 6 rings (SSSR count). The molecule has 0 spiro atoms. The summed E-state index contributed by atoms with van der Waals surface area (Å²) in [6.07, 6.45) is 9.43. The molecule has 0 bridgehead atoms. The molecule has 0 radical (unpaired) electrons. The van der Waals surface area contributed by atoms with E-state index in [4.69, 9.17) is 0 Å². The van der Waals surface area contributed by atoms with Crippen molar-refractivity contribution in [1.82, 2.24) is 0 Å². The van der Waals surface area contributed by atoms with Crippen molar-refractivity contribution < 1.29 is 0 Å². The lowest BCUT2D eigenvalue weighted by atomic mass is 9.89. The van der Waals surface area contributed by atoms with E-state index in [1.165, 1.54) is 48.7 Å². The summed E-state index contributed by atoms with van der Waals surface area (Å²) in [5.41, 5.74) is 4.05. The Morgan fingerprint density at radius 3 is 2.37 bits per heavy atom. The molecule has 0 nitrogen and oxygen atoms in total. The number of fused-ring (bicyclic) bond motifs is 6. The lowest BCUT2D eigenvalue weighted by Gasteiger charge is -2.15. The number of hydrogen-bond donors (Lipinski definition) is 0. The highest BCUT2D eigenvalue weighted by molar-refractivity contribution is 6.09. The second kappa shape index (κ2) is 5.56. The van der Waals surface area contributed by atoms with Crippen LogP contribution in [0.5, 0.6) is 0 Å². The van der Waals surface area contributed by atoms with Gasteiger partial charge >= 0.3 is 0 Å². The highest BCUT2D eigenvalue weighted by Gasteiger charge is 2.18. The monoisotopic (exact) mass is 342 g/mol. The Bertz CT molecular complexity index is 1400. The molecule has 0 saturated heterocycles. The van der Waals surface area contributed by atoms with Crippen LogP contribution in [-0.4, -0.2) is 0 Å². The molecule has 0 saturated carbocycles. The summed E-state index contributed by atoms with van der Waals surface area (Å²) in [7, 11) is 0. The molecule has 4 aromatic rings. The van der Waals surface area contributed by atoms with Crippen molar-refractivity contribution in [3.05, 3.63) is 119 Å². The predicted octanol–water partition coefficient (Wildman–Crippen LogP) is 5.22. The average Bonchev–Trinajstić information content (AvgIpc) is 3.12. The second-order valence-corrected chi connectivity index (χ2v) is 7.39. The molecule has 0 N–H and O–H groups in total. The van der Waals surface area contributed by atoms with E-state index in [-0.39, 0.29) is 0 Å². The van der Waals surface area contributed by atoms with Gasteiger partial charge in [-0.2, -0.15) is 0 Å². The Kier molecular flexibility index (Phi) is 3.04. The topological polar surface area (TPSA) is 0 Å². The molecule has 126 valence electrons. The molecular weight excluding hydrogens is 324 g/mol. The molecule has 0 amide bonds. The van der Waals surface area contributed by atoms with E-state index in [1.54, 1.807) is 0 Å². The van der Waals surface area contributed by atoms with Crippen LogP contribution >= 0.6 is 0 Å². The molecule has 0 aliphatic heterocycles. The summed E-state index contributed by atoms with van der Waals surface area (Å²) in [5.74, 6) is 0.346. The number of rotatable bonds is 1. The molecule has 1 atom stereocenters. The number of benzene rings is 4. The Hall–Kier alpha value is -3.38. The smallest absolute Gasteiger partial charge is 0.0211 e. The average molecular weight is 342 g/mol. The van der Waals surface area contributed by atoms with Crippen molar-refractivity contribution in [2.45, 2.75) is 5.92 Å². The standard InChI is InChI=1S/C27H18/c1-2-6-18(7-3-1)21-13-14-23-22(16-21)17-26-25(23)15-12-20-11-10-19-8-4-5-9-24(19)27(20)26/h1-17,21H. The third-order valence-electron chi connectivity index (χ3n) is 5.87. The van der Waals surface area contributed by atoms with E-state index in [9.17, 15) is 0 Å². The first-order chi connectivity index (χ1) is 13.4. The van der Waals surface area contributed by atoms with E-state index in [0.29, 0.717) is 5.92 Å². The normalized spacial score (nSPS) is 17.6. The third-order valence-corrected chi connectivity index (χ3v) is 5.87. The maximum Gasteiger partial charge on any atom is 0.0211 e. The lowest BCUT2D eigenvalue weighted by Crippen LogP contribution is -2.23. The minimum absolute atomic E-state index is 0.346. The van der Waals surface area contributed by atoms with Gasteiger partial charge in [-0.3, -0.25) is 0 Å². The zero-order valence-electron chi connectivity index (χ0n) is 14.9. The SMILES string of the molecule is C1=CC(c2ccccc2)C=C2C=c3c(ccc4ccc5ccccc5c34)=C12. The predicted molar refractivity (Wildman–Crippen MR) is 115 cm³/mol. The van der Waals surface area contributed by atoms with Gasteiger partial charge in [0.25, 0.3) is 0 Å². The second-order valence-electron chi connectivity index (χ2n) is 7.39. The lowest BCUT2D eigenvalue weighted by molar-refractivity contribution is 1.07. The number of hydrogen-bond acceptors (Lipinski definition) is 0. The molecule has 0 fully saturated rings. The van der Waals surface area contributed by atoms with Crippen LogP contribution in [0.2, 0.25) is 0 Å². The van der Waals surface area contributed by atoms with E-state index in [2.05, 4.69) is 103 Å². The number of allylic oxidation sites excluding steroid dienone is 4. The van der Waals surface area contributed by atoms with E-state index < -0.39 is 0 Å². The maximum atomic E-state index is 2.40. The molecule has 4 aromatic carbocycles. The van der Waals surface area contributed by atoms with Crippen LogP contribution in [0.1, 0.15) is 11.5 Å². The van der Waals surface area contributed by atoms with Crippen molar-refractivity contribution >= 4 is 33.2 Å². The van der Waals surface area contributed by atoms with Gasteiger partial charge in [0.1, 0.15) is 0 Å². The molecule has 0 aromatic heterocycles. The van der Waals surface area contributed by atoms with Crippen LogP contribution in [0, 0.1) is 0 Å². The minimum Gasteiger partial charge on any atom is -0.0726 e. The quantitative estimate of drug-likeness (QED) is 0.416. The van der Waals surface area contributed by atoms with Gasteiger partial charge in [-0.1, -0.05) is 97.1 Å². The first-order valence-corrected chi connectivity index (χ1v) is 9.50. The van der Waals surface area contributed by atoms with Gasteiger partial charge < -0.3 is 0 Å². The fourth-order valence-electron chi connectivity index (χ4n) is 4.55. The maximum absolute atomic E-state index is 2.40. The van der Waals surface area contributed by atoms with E-state index in [1.807, 2.05) is 0 Å². The van der Waals surface area contributed by atoms with Crippen molar-refractivity contribution in [3.8, 4) is 0 Å². The molecule has 2 aliphatic rings. The summed E-state index contributed by atoms with van der Waals surface area (Å²) in [4.78, 5) is 0. The van der Waals surface area contributed by atoms with Crippen LogP contribution in [0.3, 0.4) is 0 Å². The third kappa shape index (κ3) is 2.17. The van der Waals surface area contributed by atoms with Gasteiger partial charge in [-0.05, 0) is 54.8 Å². The van der Waals surface area contributed by atoms with Gasteiger partial charge in [0.2, 0.25) is 0 Å². The molecular formula is C27H18. The largest absolute Gasteiger partial charge is 0.0726 e. The molecule has 0 heterocycles. The summed E-state index contributed by atoms with van der Waals surface area (Å²) in [5, 5.41) is 8.05. The fourth-order valence-corrected chi connectivity index (χ4v) is 4.55. The van der Waals surface area contributed by atoms with Gasteiger partial charge in [0.15, 0.2) is 0 Å². The van der Waals surface area contributed by atoms with Crippen LogP contribution in [0.15, 0.2) is 103 Å². The molecule has 0 heteroatoms. The van der Waals surface area contributed by atoms with Crippen molar-refractivity contribution in [1.29, 1.82) is 0 Å². The van der Waals surface area contributed by atoms with Crippen LogP contribution in [-0.2, 0) is 0 Å². The first kappa shape index (κ1) is 14.8. The summed E-state index contributed by atoms with van der Waals surface area (Å²) in [6.45, 7) is 0. The van der Waals surface area contributed by atoms with Gasteiger partial charge in [-0.15, -0.1) is 0 Å². The summed E-state index contributed by atoms with van der Waals surface area (Å²) < 4.78 is 0. The van der Waals surface area contributed by atoms with Crippen molar-refractivity contribution in [2.75, 3.05) is 0 Å². The minimum atomic E-state index is 0.346. The zero-order valence-corrected chi connectivity index (χ0v) is 14.9. The van der Waals surface area contributed by atoms with Crippen molar-refractivity contribution in [3.63, 3.8) is 0 Å². The van der Waals surface area contributed by atoms with E-state index >= 15 is 0 Å². The first-order valence-electron chi connectivity index (χ1n) is 9.50. The highest BCUT2D eigenvalue weighted by Crippen LogP contribution is 2.32. The molecule has 2 aliphatic carbocycles. The van der Waals surface area contributed by atoms with Crippen molar-refractivity contribution in [2.24, 2.45) is 0 Å². The Morgan fingerprint density at radius 1 is 0.667 bits per heavy atom. The highest BCUT2D eigenvalue weighted by atomic mass is 14.2. The molecule has 1 unspecified atom stereocenters.